The van der Waals surface area contributed by atoms with Crippen LogP contribution in [-0.2, 0) is 14.1 Å². The second-order valence-electron chi connectivity index (χ2n) is 7.31. The van der Waals surface area contributed by atoms with E-state index in [1.165, 1.54) is 13.3 Å². The van der Waals surface area contributed by atoms with Crippen molar-refractivity contribution < 1.29 is 14.6 Å². The van der Waals surface area contributed by atoms with Gasteiger partial charge in [0.1, 0.15) is 11.9 Å². The van der Waals surface area contributed by atoms with E-state index in [-0.39, 0.29) is 17.3 Å². The van der Waals surface area contributed by atoms with Crippen LogP contribution in [0.25, 0.3) is 11.4 Å². The zero-order valence-electron chi connectivity index (χ0n) is 20.8. The molecule has 184 valence electrons. The first-order chi connectivity index (χ1) is 16.8. The summed E-state index contributed by atoms with van der Waals surface area (Å²) in [6.45, 7) is 7.78. The highest BCUT2D eigenvalue weighted by molar-refractivity contribution is 5.94. The third-order valence-electron chi connectivity index (χ3n) is 5.08. The standard InChI is InChI=1S/C21H23N9O3.C2H6/c1-11-16(12(2)30(4)27-11)25-21-22-9-14(20(31)32)19(26-21)24-15-8-6-7-13(17(15)33-5)18-23-10-29(3)28-18;1-2/h6-10H,1-5H3,(H,31,32)(H2,22,24,25,26);1-2H3. The third kappa shape index (κ3) is 5.21. The highest BCUT2D eigenvalue weighted by atomic mass is 16.5. The van der Waals surface area contributed by atoms with Gasteiger partial charge in [0.25, 0.3) is 0 Å². The Kier molecular flexibility index (Phi) is 7.64. The van der Waals surface area contributed by atoms with Gasteiger partial charge >= 0.3 is 5.97 Å². The van der Waals surface area contributed by atoms with E-state index in [1.807, 2.05) is 40.8 Å². The predicted molar refractivity (Wildman–Crippen MR) is 133 cm³/mol. The number of benzene rings is 1. The van der Waals surface area contributed by atoms with Gasteiger partial charge < -0.3 is 20.5 Å². The van der Waals surface area contributed by atoms with Crippen molar-refractivity contribution in [1.29, 1.82) is 0 Å². The molecule has 0 spiro atoms. The highest BCUT2D eigenvalue weighted by Gasteiger charge is 2.19. The number of hydrogen-bond donors (Lipinski definition) is 3. The number of aryl methyl sites for hydroxylation is 3. The number of carbonyl (C=O) groups is 1. The smallest absolute Gasteiger partial charge is 0.341 e. The fraction of sp³-hybridized carbons (Fsp3) is 0.304. The topological polar surface area (TPSA) is 145 Å². The van der Waals surface area contributed by atoms with E-state index < -0.39 is 5.97 Å². The maximum atomic E-state index is 11.8. The maximum Gasteiger partial charge on any atom is 0.341 e. The van der Waals surface area contributed by atoms with Crippen LogP contribution in [0.5, 0.6) is 5.75 Å². The van der Waals surface area contributed by atoms with Gasteiger partial charge in [-0.2, -0.15) is 15.2 Å². The molecule has 4 rings (SSSR count). The summed E-state index contributed by atoms with van der Waals surface area (Å²) in [6.07, 6.45) is 2.83. The van der Waals surface area contributed by atoms with Gasteiger partial charge in [-0.15, -0.1) is 0 Å². The number of hydrogen-bond acceptors (Lipinski definition) is 9. The van der Waals surface area contributed by atoms with Crippen LogP contribution in [0.1, 0.15) is 35.6 Å². The van der Waals surface area contributed by atoms with Crippen LogP contribution < -0.4 is 15.4 Å². The Labute approximate surface area is 203 Å². The molecule has 3 N–H and O–H groups in total. The lowest BCUT2D eigenvalue weighted by molar-refractivity contribution is 0.0697. The van der Waals surface area contributed by atoms with Crippen LogP contribution in [0, 0.1) is 13.8 Å². The molecular weight excluding hydrogens is 450 g/mol. The summed E-state index contributed by atoms with van der Waals surface area (Å²) in [5.74, 6) is 0.0854. The van der Waals surface area contributed by atoms with E-state index >= 15 is 0 Å². The van der Waals surface area contributed by atoms with E-state index in [2.05, 4.69) is 35.8 Å². The van der Waals surface area contributed by atoms with Crippen LogP contribution >= 0.6 is 0 Å². The molecule has 4 aromatic rings. The molecule has 0 fully saturated rings. The average molecular weight is 480 g/mol. The first-order valence-corrected chi connectivity index (χ1v) is 11.0. The minimum atomic E-state index is -1.17. The van der Waals surface area contributed by atoms with Gasteiger partial charge in [0.15, 0.2) is 17.4 Å². The molecule has 0 bridgehead atoms. The largest absolute Gasteiger partial charge is 0.494 e. The number of rotatable bonds is 7. The lowest BCUT2D eigenvalue weighted by atomic mass is 10.1. The summed E-state index contributed by atoms with van der Waals surface area (Å²) in [5, 5.41) is 24.6. The van der Waals surface area contributed by atoms with Gasteiger partial charge in [0.05, 0.1) is 35.4 Å². The SMILES string of the molecule is CC.COc1c(Nc2nc(Nc3c(C)nn(C)c3C)ncc2C(=O)O)cccc1-c1ncn(C)n1. The number of carboxylic acid groups (broad SMARTS) is 1. The Morgan fingerprint density at radius 3 is 2.40 bits per heavy atom. The van der Waals surface area contributed by atoms with Crippen LogP contribution in [0.2, 0.25) is 0 Å². The summed E-state index contributed by atoms with van der Waals surface area (Å²) in [7, 11) is 5.13. The lowest BCUT2D eigenvalue weighted by Gasteiger charge is -2.15. The van der Waals surface area contributed by atoms with Crippen molar-refractivity contribution in [2.45, 2.75) is 27.7 Å². The number of nitrogens with one attached hydrogen (secondary N) is 2. The Hall–Kier alpha value is -4.48. The fourth-order valence-corrected chi connectivity index (χ4v) is 3.38. The molecular formula is C23H29N9O3. The van der Waals surface area contributed by atoms with Crippen molar-refractivity contribution in [2.24, 2.45) is 14.1 Å². The first kappa shape index (κ1) is 25.1. The molecule has 0 unspecified atom stereocenters. The normalized spacial score (nSPS) is 10.4. The van der Waals surface area contributed by atoms with E-state index in [0.717, 1.165) is 17.1 Å². The maximum absolute atomic E-state index is 11.8. The number of para-hydroxylation sites is 1. The number of aromatic carboxylic acids is 1. The van der Waals surface area contributed by atoms with E-state index in [9.17, 15) is 9.90 Å². The van der Waals surface area contributed by atoms with Crippen molar-refractivity contribution in [3.8, 4) is 17.1 Å². The van der Waals surface area contributed by atoms with Crippen molar-refractivity contribution in [3.05, 3.63) is 47.7 Å². The van der Waals surface area contributed by atoms with Gasteiger partial charge in [0, 0.05) is 20.3 Å². The number of carboxylic acids is 1. The van der Waals surface area contributed by atoms with E-state index in [4.69, 9.17) is 4.74 Å². The molecule has 12 heteroatoms. The molecule has 1 aromatic carbocycles. The third-order valence-corrected chi connectivity index (χ3v) is 5.08. The molecule has 0 amide bonds. The quantitative estimate of drug-likeness (QED) is 0.357. The van der Waals surface area contributed by atoms with Gasteiger partial charge in [-0.1, -0.05) is 19.9 Å². The van der Waals surface area contributed by atoms with Crippen molar-refractivity contribution in [3.63, 3.8) is 0 Å². The highest BCUT2D eigenvalue weighted by Crippen LogP contribution is 2.36. The predicted octanol–water partition coefficient (Wildman–Crippen LogP) is 3.84. The molecule has 3 heterocycles. The van der Waals surface area contributed by atoms with Gasteiger partial charge in [-0.25, -0.2) is 14.8 Å². The number of nitrogens with zero attached hydrogens (tertiary/aromatic N) is 7. The summed E-state index contributed by atoms with van der Waals surface area (Å²) < 4.78 is 8.93. The van der Waals surface area contributed by atoms with Gasteiger partial charge in [-0.05, 0) is 26.0 Å². The fourth-order valence-electron chi connectivity index (χ4n) is 3.38. The second-order valence-corrected chi connectivity index (χ2v) is 7.31. The Balaban J connectivity index is 0.00000167. The lowest BCUT2D eigenvalue weighted by Crippen LogP contribution is -2.09. The molecule has 35 heavy (non-hydrogen) atoms. The van der Waals surface area contributed by atoms with E-state index in [1.54, 1.807) is 34.9 Å². The van der Waals surface area contributed by atoms with E-state index in [0.29, 0.717) is 22.8 Å². The Morgan fingerprint density at radius 2 is 1.83 bits per heavy atom. The molecule has 0 saturated heterocycles. The van der Waals surface area contributed by atoms with Crippen LogP contribution in [0.15, 0.2) is 30.7 Å². The van der Waals surface area contributed by atoms with Crippen molar-refractivity contribution in [1.82, 2.24) is 34.5 Å². The van der Waals surface area contributed by atoms with Crippen LogP contribution in [0.4, 0.5) is 23.1 Å². The molecule has 3 aromatic heterocycles. The average Bonchev–Trinajstić information content (AvgIpc) is 3.38. The van der Waals surface area contributed by atoms with Crippen LogP contribution in [-0.4, -0.2) is 52.7 Å². The van der Waals surface area contributed by atoms with Gasteiger partial charge in [-0.3, -0.25) is 9.36 Å². The molecule has 12 nitrogen and oxygen atoms in total. The minimum Gasteiger partial charge on any atom is -0.494 e. The molecule has 0 radical (unpaired) electrons. The number of anilines is 4. The Bertz CT molecular complexity index is 1340. The first-order valence-electron chi connectivity index (χ1n) is 11.0. The van der Waals surface area contributed by atoms with Crippen molar-refractivity contribution in [2.75, 3.05) is 17.7 Å². The van der Waals surface area contributed by atoms with Crippen molar-refractivity contribution >= 4 is 29.1 Å². The zero-order valence-corrected chi connectivity index (χ0v) is 20.8. The summed E-state index contributed by atoms with van der Waals surface area (Å²) in [4.78, 5) is 24.7. The monoisotopic (exact) mass is 479 g/mol. The van der Waals surface area contributed by atoms with Crippen LogP contribution in [0.3, 0.4) is 0 Å². The molecule has 0 atom stereocenters. The number of methoxy groups -OCH3 is 1. The molecule has 0 aliphatic carbocycles. The number of ether oxygens (including phenoxy) is 1. The minimum absolute atomic E-state index is 0.0939. The Morgan fingerprint density at radius 1 is 1.09 bits per heavy atom. The molecule has 0 aliphatic heterocycles. The molecule has 0 aliphatic rings. The summed E-state index contributed by atoms with van der Waals surface area (Å²) in [5.41, 5.74) is 3.48. The zero-order chi connectivity index (χ0) is 25.7. The summed E-state index contributed by atoms with van der Waals surface area (Å²) >= 11 is 0. The summed E-state index contributed by atoms with van der Waals surface area (Å²) in [6, 6.07) is 5.36. The van der Waals surface area contributed by atoms with Gasteiger partial charge in [0.2, 0.25) is 5.95 Å². The molecule has 0 saturated carbocycles. The number of aromatic nitrogens is 7. The second kappa shape index (κ2) is 10.6.